The topological polar surface area (TPSA) is 80.1 Å². The number of benzene rings is 2. The lowest BCUT2D eigenvalue weighted by Crippen LogP contribution is -2.39. The molecule has 2 saturated heterocycles. The second-order valence-corrected chi connectivity index (χ2v) is 18.2. The van der Waals surface area contributed by atoms with E-state index in [1.165, 1.54) is 29.5 Å². The summed E-state index contributed by atoms with van der Waals surface area (Å²) < 4.78 is 13.7. The molecular weight excluding hydrogens is 652 g/mol. The summed E-state index contributed by atoms with van der Waals surface area (Å²) in [6.07, 6.45) is 5.39. The highest BCUT2D eigenvalue weighted by molar-refractivity contribution is 5.87. The van der Waals surface area contributed by atoms with Crippen molar-refractivity contribution in [1.82, 2.24) is 14.8 Å². The number of piperidine rings is 2. The van der Waals surface area contributed by atoms with Crippen molar-refractivity contribution in [2.45, 2.75) is 126 Å². The number of rotatable bonds is 8. The first kappa shape index (κ1) is 39.9. The molecule has 0 amide bonds. The van der Waals surface area contributed by atoms with E-state index in [0.29, 0.717) is 5.41 Å². The maximum atomic E-state index is 13.7. The highest BCUT2D eigenvalue weighted by atomic mass is 19.1. The van der Waals surface area contributed by atoms with Crippen LogP contribution in [-0.2, 0) is 37.3 Å². The normalized spacial score (nSPS) is 19.1. The zero-order valence-corrected chi connectivity index (χ0v) is 33.3. The highest BCUT2D eigenvalue weighted by Crippen LogP contribution is 2.43. The Bertz CT molecular complexity index is 1720. The Morgan fingerprint density at radius 3 is 2.06 bits per heavy atom. The summed E-state index contributed by atoms with van der Waals surface area (Å²) in [4.78, 5) is 25.0. The van der Waals surface area contributed by atoms with Crippen molar-refractivity contribution in [2.24, 2.45) is 10.8 Å². The minimum Gasteiger partial charge on any atom is -0.481 e. The summed E-state index contributed by atoms with van der Waals surface area (Å²) in [7, 11) is 0. The van der Waals surface area contributed by atoms with Gasteiger partial charge in [0.25, 0.3) is 0 Å². The van der Waals surface area contributed by atoms with E-state index in [9.17, 15) is 14.3 Å². The number of aliphatic carboxylic acids is 1. The van der Waals surface area contributed by atoms with Crippen LogP contribution in [0.3, 0.4) is 0 Å². The number of carbonyl (C=O) groups is 1. The summed E-state index contributed by atoms with van der Waals surface area (Å²) in [5.74, 6) is -0.997. The Balaban J connectivity index is 0.000000979. The van der Waals surface area contributed by atoms with E-state index in [4.69, 9.17) is 10.1 Å². The van der Waals surface area contributed by atoms with E-state index in [1.54, 1.807) is 32.9 Å². The molecular formula is C44H63FN4O3. The molecule has 2 aromatic carbocycles. The third kappa shape index (κ3) is 10.6. The number of hydrogen-bond donors (Lipinski definition) is 2. The van der Waals surface area contributed by atoms with Gasteiger partial charge in [-0.25, -0.2) is 4.39 Å². The summed E-state index contributed by atoms with van der Waals surface area (Å²) in [5, 5.41) is 18.6. The van der Waals surface area contributed by atoms with Gasteiger partial charge in [-0.15, -0.1) is 0 Å². The quantitative estimate of drug-likeness (QED) is 0.242. The molecule has 1 aromatic heterocycles. The van der Waals surface area contributed by atoms with Gasteiger partial charge in [-0.2, -0.15) is 0 Å². The number of aliphatic hydroxyl groups is 1. The first-order chi connectivity index (χ1) is 24.3. The fraction of sp³-hybridized carbons (Fsp3) is 0.591. The zero-order chi connectivity index (χ0) is 38.0. The lowest BCUT2D eigenvalue weighted by atomic mass is 9.81. The van der Waals surface area contributed by atoms with Gasteiger partial charge in [-0.3, -0.25) is 19.6 Å². The van der Waals surface area contributed by atoms with Gasteiger partial charge in [0.05, 0.1) is 23.4 Å². The van der Waals surface area contributed by atoms with Crippen molar-refractivity contribution >= 4 is 11.7 Å². The van der Waals surface area contributed by atoms with Crippen LogP contribution in [0.4, 0.5) is 10.1 Å². The van der Waals surface area contributed by atoms with Gasteiger partial charge >= 0.3 is 5.97 Å². The molecule has 3 aliphatic heterocycles. The Kier molecular flexibility index (Phi) is 12.2. The summed E-state index contributed by atoms with van der Waals surface area (Å²) in [5.41, 5.74) is 11.1. The van der Waals surface area contributed by atoms with Crippen LogP contribution in [0, 0.1) is 30.5 Å². The number of likely N-dealkylation sites (tertiary alicyclic amines) is 1. The van der Waals surface area contributed by atoms with Gasteiger partial charge in [0.2, 0.25) is 0 Å². The minimum atomic E-state index is -0.813. The molecule has 2 fully saturated rings. The van der Waals surface area contributed by atoms with Gasteiger partial charge in [0, 0.05) is 56.1 Å². The first-order valence-electron chi connectivity index (χ1n) is 19.3. The lowest BCUT2D eigenvalue weighted by molar-refractivity contribution is -0.136. The Morgan fingerprint density at radius 2 is 1.46 bits per heavy atom. The molecule has 0 aliphatic carbocycles. The maximum absolute atomic E-state index is 13.7. The SMILES string of the molecule is CC(C)(C)O.Cc1cc(F)ccc1CN1CCc2cc(-c3c(CN4CCC(C)(C)CC4)nc(C)c(CC(=O)O)c3N3CCC(C)(C)CC3)ccc2C1. The van der Waals surface area contributed by atoms with Crippen LogP contribution in [-0.4, -0.2) is 69.3 Å². The summed E-state index contributed by atoms with van der Waals surface area (Å²) in [6.45, 7) is 25.9. The number of aryl methyl sites for hydroxylation is 2. The predicted octanol–water partition coefficient (Wildman–Crippen LogP) is 8.72. The number of carboxylic acids is 1. The number of aromatic nitrogens is 1. The van der Waals surface area contributed by atoms with Crippen molar-refractivity contribution in [1.29, 1.82) is 0 Å². The lowest BCUT2D eigenvalue weighted by Gasteiger charge is -2.41. The van der Waals surface area contributed by atoms with Crippen molar-refractivity contribution in [3.05, 3.63) is 81.4 Å². The highest BCUT2D eigenvalue weighted by Gasteiger charge is 2.33. The van der Waals surface area contributed by atoms with Crippen LogP contribution in [0.15, 0.2) is 36.4 Å². The largest absolute Gasteiger partial charge is 0.481 e. The molecule has 7 nitrogen and oxygen atoms in total. The van der Waals surface area contributed by atoms with Crippen LogP contribution in [0.1, 0.15) is 113 Å². The molecule has 0 radical (unpaired) electrons. The molecule has 3 aliphatic rings. The monoisotopic (exact) mass is 714 g/mol. The van der Waals surface area contributed by atoms with Gasteiger partial charge < -0.3 is 15.1 Å². The summed E-state index contributed by atoms with van der Waals surface area (Å²) >= 11 is 0. The van der Waals surface area contributed by atoms with Gasteiger partial charge in [0.1, 0.15) is 5.82 Å². The van der Waals surface area contributed by atoms with Crippen LogP contribution in [0.25, 0.3) is 11.1 Å². The second-order valence-electron chi connectivity index (χ2n) is 18.2. The number of halogens is 1. The van der Waals surface area contributed by atoms with E-state index in [1.807, 2.05) is 19.9 Å². The molecule has 3 aromatic rings. The fourth-order valence-electron chi connectivity index (χ4n) is 7.76. The van der Waals surface area contributed by atoms with E-state index in [0.717, 1.165) is 111 Å². The molecule has 52 heavy (non-hydrogen) atoms. The third-order valence-corrected chi connectivity index (χ3v) is 11.2. The maximum Gasteiger partial charge on any atom is 0.307 e. The molecule has 0 bridgehead atoms. The zero-order valence-electron chi connectivity index (χ0n) is 33.3. The standard InChI is InChI=1S/C40H53FN4O2.C4H10O/c1-27-21-33(41)10-9-31(27)24-44-16-11-29-22-30(7-8-32(29)25-44)37-35(26-43-17-12-39(3,4)13-18-43)42-28(2)34(23-36(46)47)38(37)45-19-14-40(5,6)15-20-45;1-4(2,3)5/h7-10,21-22H,11-20,23-26H2,1-6H3,(H,46,47);5H,1-3H3. The molecule has 2 N–H and O–H groups in total. The smallest absolute Gasteiger partial charge is 0.307 e. The van der Waals surface area contributed by atoms with Gasteiger partial charge in [0.15, 0.2) is 0 Å². The molecule has 4 heterocycles. The molecule has 284 valence electrons. The molecule has 0 saturated carbocycles. The third-order valence-electron chi connectivity index (χ3n) is 11.2. The number of nitrogens with zero attached hydrogens (tertiary/aromatic N) is 4. The number of fused-ring (bicyclic) bond motifs is 1. The Hall–Kier alpha value is -3.33. The van der Waals surface area contributed by atoms with Crippen LogP contribution in [0.5, 0.6) is 0 Å². The first-order valence-corrected chi connectivity index (χ1v) is 19.3. The van der Waals surface area contributed by atoms with Crippen molar-refractivity contribution in [3.63, 3.8) is 0 Å². The van der Waals surface area contributed by atoms with Crippen LogP contribution in [0.2, 0.25) is 0 Å². The van der Waals surface area contributed by atoms with Crippen molar-refractivity contribution < 1.29 is 19.4 Å². The predicted molar refractivity (Wildman–Crippen MR) is 210 cm³/mol. The molecule has 0 atom stereocenters. The van der Waals surface area contributed by atoms with E-state index >= 15 is 0 Å². The average molecular weight is 715 g/mol. The Morgan fingerprint density at radius 1 is 0.846 bits per heavy atom. The van der Waals surface area contributed by atoms with Gasteiger partial charge in [-0.1, -0.05) is 52.0 Å². The van der Waals surface area contributed by atoms with E-state index < -0.39 is 11.6 Å². The molecule has 6 rings (SSSR count). The molecule has 8 heteroatoms. The van der Waals surface area contributed by atoms with Crippen molar-refractivity contribution in [3.8, 4) is 11.1 Å². The Labute approximate surface area is 312 Å². The number of carboxylic acid groups (broad SMARTS) is 1. The second kappa shape index (κ2) is 16.0. The van der Waals surface area contributed by atoms with E-state index in [2.05, 4.69) is 60.6 Å². The van der Waals surface area contributed by atoms with Crippen molar-refractivity contribution in [2.75, 3.05) is 37.6 Å². The molecule has 0 spiro atoms. The van der Waals surface area contributed by atoms with Gasteiger partial charge in [-0.05, 0) is 131 Å². The molecule has 0 unspecified atom stereocenters. The minimum absolute atomic E-state index is 0.0258. The number of pyridine rings is 1. The fourth-order valence-corrected chi connectivity index (χ4v) is 7.76. The van der Waals surface area contributed by atoms with Crippen LogP contribution >= 0.6 is 0 Å². The van der Waals surface area contributed by atoms with Crippen LogP contribution < -0.4 is 4.90 Å². The number of anilines is 1. The van der Waals surface area contributed by atoms with E-state index in [-0.39, 0.29) is 17.7 Å². The summed E-state index contributed by atoms with van der Waals surface area (Å²) in [6, 6.07) is 12.0. The number of hydrogen-bond acceptors (Lipinski definition) is 6. The average Bonchev–Trinajstić information content (AvgIpc) is 3.03.